The Hall–Kier alpha value is -1.10. The maximum absolute atomic E-state index is 12.7. The van der Waals surface area contributed by atoms with Crippen LogP contribution in [0.2, 0.25) is 0 Å². The predicted molar refractivity (Wildman–Crippen MR) is 76.1 cm³/mol. The van der Waals surface area contributed by atoms with Crippen molar-refractivity contribution in [1.82, 2.24) is 15.1 Å². The molecule has 3 aliphatic rings. The van der Waals surface area contributed by atoms with Crippen LogP contribution in [-0.2, 0) is 9.59 Å². The van der Waals surface area contributed by atoms with Crippen molar-refractivity contribution in [2.45, 2.75) is 64.2 Å². The zero-order chi connectivity index (χ0) is 14.4. The number of nitrogens with one attached hydrogen (secondary N) is 1. The third-order valence-corrected chi connectivity index (χ3v) is 4.93. The Morgan fingerprint density at radius 2 is 1.85 bits per heavy atom. The Balaban J connectivity index is 1.75. The Labute approximate surface area is 120 Å². The van der Waals surface area contributed by atoms with Crippen LogP contribution in [0.4, 0.5) is 0 Å². The molecular formula is C15H25N3O2. The second-order valence-electron chi connectivity index (χ2n) is 6.82. The quantitative estimate of drug-likeness (QED) is 0.823. The molecule has 3 fully saturated rings. The van der Waals surface area contributed by atoms with E-state index in [1.807, 2.05) is 25.7 Å². The number of hydrogen-bond acceptors (Lipinski definition) is 3. The van der Waals surface area contributed by atoms with Gasteiger partial charge in [-0.05, 0) is 32.1 Å². The van der Waals surface area contributed by atoms with Crippen LogP contribution in [0.25, 0.3) is 0 Å². The number of carbonyl (C=O) groups is 2. The van der Waals surface area contributed by atoms with Crippen molar-refractivity contribution in [2.75, 3.05) is 13.1 Å². The Morgan fingerprint density at radius 1 is 1.15 bits per heavy atom. The third-order valence-electron chi connectivity index (χ3n) is 4.93. The van der Waals surface area contributed by atoms with Crippen molar-refractivity contribution < 1.29 is 9.59 Å². The van der Waals surface area contributed by atoms with Crippen molar-refractivity contribution in [3.05, 3.63) is 0 Å². The average Bonchev–Trinajstić information content (AvgIpc) is 3.14. The van der Waals surface area contributed by atoms with Crippen molar-refractivity contribution >= 4 is 11.8 Å². The second kappa shape index (κ2) is 5.02. The maximum Gasteiger partial charge on any atom is 0.246 e. The number of hydrogen-bond donors (Lipinski definition) is 1. The molecule has 0 spiro atoms. The van der Waals surface area contributed by atoms with Gasteiger partial charge in [-0.3, -0.25) is 14.5 Å². The number of carbonyl (C=O) groups excluding carboxylic acids is 2. The lowest BCUT2D eigenvalue weighted by atomic mass is 9.96. The van der Waals surface area contributed by atoms with Crippen LogP contribution in [-0.4, -0.2) is 58.9 Å². The van der Waals surface area contributed by atoms with Gasteiger partial charge in [-0.25, -0.2) is 0 Å². The third kappa shape index (κ3) is 2.32. The zero-order valence-electron chi connectivity index (χ0n) is 12.6. The fourth-order valence-electron chi connectivity index (χ4n) is 3.53. The monoisotopic (exact) mass is 279 g/mol. The Morgan fingerprint density at radius 3 is 2.45 bits per heavy atom. The van der Waals surface area contributed by atoms with Gasteiger partial charge in [-0.2, -0.15) is 0 Å². The number of likely N-dealkylation sites (tertiary alicyclic amines) is 1. The van der Waals surface area contributed by atoms with Gasteiger partial charge in [0.2, 0.25) is 11.8 Å². The van der Waals surface area contributed by atoms with Gasteiger partial charge in [0.1, 0.15) is 12.1 Å². The van der Waals surface area contributed by atoms with Crippen molar-refractivity contribution in [2.24, 2.45) is 5.92 Å². The van der Waals surface area contributed by atoms with Gasteiger partial charge in [0, 0.05) is 25.2 Å². The molecule has 2 saturated heterocycles. The van der Waals surface area contributed by atoms with Crippen LogP contribution in [0.3, 0.4) is 0 Å². The minimum Gasteiger partial charge on any atom is -0.342 e. The van der Waals surface area contributed by atoms with Gasteiger partial charge in [0.05, 0.1) is 0 Å². The smallest absolute Gasteiger partial charge is 0.246 e. The highest BCUT2D eigenvalue weighted by molar-refractivity contribution is 5.97. The molecule has 2 aliphatic heterocycles. The molecule has 2 heterocycles. The molecule has 0 radical (unpaired) electrons. The molecule has 1 saturated carbocycles. The first-order chi connectivity index (χ1) is 9.49. The molecule has 0 aromatic carbocycles. The van der Waals surface area contributed by atoms with Gasteiger partial charge in [-0.15, -0.1) is 0 Å². The van der Waals surface area contributed by atoms with E-state index in [-0.39, 0.29) is 35.9 Å². The van der Waals surface area contributed by atoms with Crippen LogP contribution in [0.5, 0.6) is 0 Å². The molecule has 5 heteroatoms. The molecular weight excluding hydrogens is 254 g/mol. The van der Waals surface area contributed by atoms with Gasteiger partial charge < -0.3 is 10.2 Å². The highest BCUT2D eigenvalue weighted by atomic mass is 16.2. The standard InChI is InChI=1S/C15H25N3O2/c1-9(2)13-15(20)18(10(3)14(19)16-13)12-6-7-17(8-12)11-4-5-11/h9-13H,4-8H2,1-3H3,(H,16,19). The van der Waals surface area contributed by atoms with E-state index < -0.39 is 0 Å². The van der Waals surface area contributed by atoms with Crippen molar-refractivity contribution in [3.8, 4) is 0 Å². The fraction of sp³-hybridized carbons (Fsp3) is 0.867. The predicted octanol–water partition coefficient (Wildman–Crippen LogP) is 0.595. The van der Waals surface area contributed by atoms with E-state index in [0.717, 1.165) is 25.6 Å². The molecule has 0 aromatic rings. The average molecular weight is 279 g/mol. The number of amides is 2. The lowest BCUT2D eigenvalue weighted by Gasteiger charge is -2.42. The van der Waals surface area contributed by atoms with E-state index in [1.165, 1.54) is 12.8 Å². The molecule has 5 nitrogen and oxygen atoms in total. The van der Waals surface area contributed by atoms with Crippen LogP contribution in [0.1, 0.15) is 40.0 Å². The molecule has 1 N–H and O–H groups in total. The molecule has 0 aromatic heterocycles. The highest BCUT2D eigenvalue weighted by Gasteiger charge is 2.45. The van der Waals surface area contributed by atoms with Gasteiger partial charge >= 0.3 is 0 Å². The van der Waals surface area contributed by atoms with E-state index in [2.05, 4.69) is 10.2 Å². The summed E-state index contributed by atoms with van der Waals surface area (Å²) in [6.07, 6.45) is 3.60. The zero-order valence-corrected chi connectivity index (χ0v) is 12.6. The molecule has 1 aliphatic carbocycles. The summed E-state index contributed by atoms with van der Waals surface area (Å²) in [6, 6.07) is 0.269. The van der Waals surface area contributed by atoms with Crippen LogP contribution in [0, 0.1) is 5.92 Å². The first-order valence-electron chi connectivity index (χ1n) is 7.85. The summed E-state index contributed by atoms with van der Waals surface area (Å²) in [4.78, 5) is 29.2. The molecule has 0 bridgehead atoms. The normalized spacial score (nSPS) is 35.8. The van der Waals surface area contributed by atoms with Crippen LogP contribution in [0.15, 0.2) is 0 Å². The molecule has 3 atom stereocenters. The number of piperazine rings is 1. The van der Waals surface area contributed by atoms with E-state index in [1.54, 1.807) is 0 Å². The summed E-state index contributed by atoms with van der Waals surface area (Å²) in [6.45, 7) is 7.84. The summed E-state index contributed by atoms with van der Waals surface area (Å²) in [7, 11) is 0. The summed E-state index contributed by atoms with van der Waals surface area (Å²) < 4.78 is 0. The topological polar surface area (TPSA) is 52.7 Å². The SMILES string of the molecule is CC(C)C1NC(=O)C(C)N(C2CCN(C3CC3)C2)C1=O. The molecule has 2 amide bonds. The Kier molecular flexibility index (Phi) is 3.48. The lowest BCUT2D eigenvalue weighted by molar-refractivity contribution is -0.152. The summed E-state index contributed by atoms with van der Waals surface area (Å²) >= 11 is 0. The number of nitrogens with zero attached hydrogens (tertiary/aromatic N) is 2. The van der Waals surface area contributed by atoms with Crippen molar-refractivity contribution in [3.63, 3.8) is 0 Å². The van der Waals surface area contributed by atoms with E-state index in [9.17, 15) is 9.59 Å². The first-order valence-corrected chi connectivity index (χ1v) is 7.85. The van der Waals surface area contributed by atoms with Gasteiger partial charge in [0.25, 0.3) is 0 Å². The molecule has 3 rings (SSSR count). The highest BCUT2D eigenvalue weighted by Crippen LogP contribution is 2.32. The largest absolute Gasteiger partial charge is 0.342 e. The van der Waals surface area contributed by atoms with E-state index in [0.29, 0.717) is 0 Å². The van der Waals surface area contributed by atoms with Gasteiger partial charge in [0.15, 0.2) is 0 Å². The summed E-state index contributed by atoms with van der Waals surface area (Å²) in [5.74, 6) is 0.241. The molecule has 112 valence electrons. The number of rotatable bonds is 3. The fourth-order valence-corrected chi connectivity index (χ4v) is 3.53. The second-order valence-corrected chi connectivity index (χ2v) is 6.82. The first kappa shape index (κ1) is 13.9. The van der Waals surface area contributed by atoms with Gasteiger partial charge in [-0.1, -0.05) is 13.8 Å². The maximum atomic E-state index is 12.7. The molecule has 20 heavy (non-hydrogen) atoms. The van der Waals surface area contributed by atoms with Crippen LogP contribution < -0.4 is 5.32 Å². The Bertz CT molecular complexity index is 419. The van der Waals surface area contributed by atoms with Crippen LogP contribution >= 0.6 is 0 Å². The summed E-state index contributed by atoms with van der Waals surface area (Å²) in [5.41, 5.74) is 0. The molecule has 3 unspecified atom stereocenters. The minimum absolute atomic E-state index is 0.00632. The van der Waals surface area contributed by atoms with Crippen molar-refractivity contribution in [1.29, 1.82) is 0 Å². The van der Waals surface area contributed by atoms with E-state index in [4.69, 9.17) is 0 Å². The summed E-state index contributed by atoms with van der Waals surface area (Å²) in [5, 5.41) is 2.87. The van der Waals surface area contributed by atoms with E-state index >= 15 is 0 Å². The lowest BCUT2D eigenvalue weighted by Crippen LogP contribution is -2.66. The minimum atomic E-state index is -0.353.